The minimum atomic E-state index is -0.456. The van der Waals surface area contributed by atoms with Crippen LogP contribution in [0, 0.1) is 0 Å². The van der Waals surface area contributed by atoms with Crippen LogP contribution in [-0.4, -0.2) is 25.3 Å². The van der Waals surface area contributed by atoms with E-state index >= 15 is 0 Å². The second kappa shape index (κ2) is 4.67. The highest BCUT2D eigenvalue weighted by Crippen LogP contribution is 2.08. The molecule has 1 saturated heterocycles. The van der Waals surface area contributed by atoms with E-state index in [4.69, 9.17) is 9.47 Å². The largest absolute Gasteiger partial charge is 0.495 e. The smallest absolute Gasteiger partial charge is 0.338 e. The van der Waals surface area contributed by atoms with Gasteiger partial charge in [-0.3, -0.25) is 0 Å². The molecule has 1 aliphatic rings. The van der Waals surface area contributed by atoms with Gasteiger partial charge in [0, 0.05) is 5.57 Å². The number of carbonyl (C=O) groups is 1. The summed E-state index contributed by atoms with van der Waals surface area (Å²) >= 11 is 0. The molecular weight excluding hydrogens is 172 g/mol. The van der Waals surface area contributed by atoms with E-state index in [0.717, 1.165) is 6.61 Å². The number of epoxide rings is 1. The molecule has 1 fully saturated rings. The fourth-order valence-corrected chi connectivity index (χ4v) is 0.557. The third-order valence-electron chi connectivity index (χ3n) is 1.36. The van der Waals surface area contributed by atoms with Crippen LogP contribution >= 0.6 is 0 Å². The SMILES string of the molecule is C=C(C)C(=O)OC=COCC1CO1. The van der Waals surface area contributed by atoms with Crippen LogP contribution in [0.5, 0.6) is 0 Å². The van der Waals surface area contributed by atoms with Crippen molar-refractivity contribution in [3.63, 3.8) is 0 Å². The average molecular weight is 184 g/mol. The molecule has 1 heterocycles. The van der Waals surface area contributed by atoms with E-state index in [1.165, 1.54) is 12.5 Å². The van der Waals surface area contributed by atoms with Crippen LogP contribution in [0.1, 0.15) is 6.92 Å². The van der Waals surface area contributed by atoms with Crippen molar-refractivity contribution < 1.29 is 19.0 Å². The average Bonchev–Trinajstić information content (AvgIpc) is 2.87. The molecule has 13 heavy (non-hydrogen) atoms. The highest BCUT2D eigenvalue weighted by molar-refractivity contribution is 5.87. The van der Waals surface area contributed by atoms with Crippen molar-refractivity contribution in [1.82, 2.24) is 0 Å². The van der Waals surface area contributed by atoms with Crippen LogP contribution < -0.4 is 0 Å². The number of ether oxygens (including phenoxy) is 3. The van der Waals surface area contributed by atoms with Gasteiger partial charge in [0.15, 0.2) is 0 Å². The van der Waals surface area contributed by atoms with Gasteiger partial charge in [0.2, 0.25) is 0 Å². The number of rotatable bonds is 5. The minimum absolute atomic E-state index is 0.210. The van der Waals surface area contributed by atoms with E-state index in [0.29, 0.717) is 12.2 Å². The quantitative estimate of drug-likeness (QED) is 0.277. The molecule has 0 aliphatic carbocycles. The van der Waals surface area contributed by atoms with Gasteiger partial charge in [-0.2, -0.15) is 0 Å². The molecule has 0 bridgehead atoms. The summed E-state index contributed by atoms with van der Waals surface area (Å²) in [7, 11) is 0. The van der Waals surface area contributed by atoms with Crippen LogP contribution in [0.15, 0.2) is 24.7 Å². The molecule has 0 amide bonds. The van der Waals surface area contributed by atoms with Crippen molar-refractivity contribution in [2.45, 2.75) is 13.0 Å². The predicted molar refractivity (Wildman–Crippen MR) is 45.7 cm³/mol. The monoisotopic (exact) mass is 184 g/mol. The first-order valence-corrected chi connectivity index (χ1v) is 3.95. The molecule has 1 atom stereocenters. The molecular formula is C9H12O4. The summed E-state index contributed by atoms with van der Waals surface area (Å²) in [5, 5.41) is 0. The maximum Gasteiger partial charge on any atom is 0.338 e. The van der Waals surface area contributed by atoms with Gasteiger partial charge in [-0.1, -0.05) is 6.58 Å². The van der Waals surface area contributed by atoms with Crippen LogP contribution in [0.2, 0.25) is 0 Å². The molecule has 0 aromatic carbocycles. The van der Waals surface area contributed by atoms with Crippen molar-refractivity contribution in [2.24, 2.45) is 0 Å². The second-order valence-electron chi connectivity index (χ2n) is 2.75. The maximum atomic E-state index is 10.8. The van der Waals surface area contributed by atoms with Crippen molar-refractivity contribution >= 4 is 5.97 Å². The van der Waals surface area contributed by atoms with Gasteiger partial charge in [-0.25, -0.2) is 4.79 Å². The molecule has 0 spiro atoms. The van der Waals surface area contributed by atoms with Crippen LogP contribution in [0.25, 0.3) is 0 Å². The minimum Gasteiger partial charge on any atom is -0.495 e. The Balaban J connectivity index is 2.02. The Morgan fingerprint density at radius 3 is 2.92 bits per heavy atom. The van der Waals surface area contributed by atoms with Crippen molar-refractivity contribution in [3.8, 4) is 0 Å². The number of hydrogen-bond acceptors (Lipinski definition) is 4. The molecule has 1 aliphatic heterocycles. The zero-order valence-corrected chi connectivity index (χ0v) is 7.49. The standard InChI is InChI=1S/C9H12O4/c1-7(2)9(10)12-4-3-11-5-8-6-13-8/h3-4,8H,1,5-6H2,2H3. The van der Waals surface area contributed by atoms with Gasteiger partial charge < -0.3 is 14.2 Å². The Morgan fingerprint density at radius 2 is 2.38 bits per heavy atom. The predicted octanol–water partition coefficient (Wildman–Crippen LogP) is 0.992. The number of hydrogen-bond donors (Lipinski definition) is 0. The van der Waals surface area contributed by atoms with E-state index < -0.39 is 5.97 Å². The Labute approximate surface area is 76.8 Å². The van der Waals surface area contributed by atoms with Gasteiger partial charge in [-0.05, 0) is 6.92 Å². The van der Waals surface area contributed by atoms with Gasteiger partial charge >= 0.3 is 5.97 Å². The van der Waals surface area contributed by atoms with Gasteiger partial charge in [0.05, 0.1) is 6.61 Å². The van der Waals surface area contributed by atoms with Crippen LogP contribution in [0.3, 0.4) is 0 Å². The number of carbonyl (C=O) groups excluding carboxylic acids is 1. The Bertz CT molecular complexity index is 228. The first-order valence-electron chi connectivity index (χ1n) is 3.95. The molecule has 1 unspecified atom stereocenters. The second-order valence-corrected chi connectivity index (χ2v) is 2.75. The Kier molecular flexibility index (Phi) is 3.52. The molecule has 0 radical (unpaired) electrons. The molecule has 4 heteroatoms. The summed E-state index contributed by atoms with van der Waals surface area (Å²) in [4.78, 5) is 10.8. The lowest BCUT2D eigenvalue weighted by Gasteiger charge is -1.97. The van der Waals surface area contributed by atoms with E-state index in [2.05, 4.69) is 11.3 Å². The number of esters is 1. The van der Waals surface area contributed by atoms with Gasteiger partial charge in [0.1, 0.15) is 25.2 Å². The summed E-state index contributed by atoms with van der Waals surface area (Å²) in [6, 6.07) is 0. The molecule has 1 rings (SSSR count). The Morgan fingerprint density at radius 1 is 1.69 bits per heavy atom. The maximum absolute atomic E-state index is 10.8. The highest BCUT2D eigenvalue weighted by Gasteiger charge is 2.22. The Hall–Kier alpha value is -1.29. The summed E-state index contributed by atoms with van der Waals surface area (Å²) in [6.07, 6.45) is 2.73. The highest BCUT2D eigenvalue weighted by atomic mass is 16.6. The van der Waals surface area contributed by atoms with E-state index in [-0.39, 0.29) is 6.10 Å². The third-order valence-corrected chi connectivity index (χ3v) is 1.36. The summed E-state index contributed by atoms with van der Waals surface area (Å²) in [5.41, 5.74) is 0.357. The van der Waals surface area contributed by atoms with Crippen LogP contribution in [0.4, 0.5) is 0 Å². The zero-order valence-electron chi connectivity index (χ0n) is 7.49. The lowest BCUT2D eigenvalue weighted by molar-refractivity contribution is -0.133. The molecule has 0 saturated carbocycles. The molecule has 0 N–H and O–H groups in total. The first kappa shape index (κ1) is 9.80. The van der Waals surface area contributed by atoms with E-state index in [1.54, 1.807) is 6.92 Å². The van der Waals surface area contributed by atoms with E-state index in [9.17, 15) is 4.79 Å². The van der Waals surface area contributed by atoms with Crippen molar-refractivity contribution in [2.75, 3.05) is 13.2 Å². The van der Waals surface area contributed by atoms with Gasteiger partial charge in [-0.15, -0.1) is 0 Å². The van der Waals surface area contributed by atoms with E-state index in [1.807, 2.05) is 0 Å². The zero-order chi connectivity index (χ0) is 9.68. The molecule has 0 aromatic rings. The van der Waals surface area contributed by atoms with Crippen molar-refractivity contribution in [1.29, 1.82) is 0 Å². The third kappa shape index (κ3) is 4.32. The summed E-state index contributed by atoms with van der Waals surface area (Å²) in [5.74, 6) is -0.456. The van der Waals surface area contributed by atoms with Crippen molar-refractivity contribution in [3.05, 3.63) is 24.7 Å². The lowest BCUT2D eigenvalue weighted by atomic mass is 10.4. The summed E-state index contributed by atoms with van der Waals surface area (Å²) in [6.45, 7) is 6.25. The fourth-order valence-electron chi connectivity index (χ4n) is 0.557. The topological polar surface area (TPSA) is 48.1 Å². The fraction of sp³-hybridized carbons (Fsp3) is 0.444. The lowest BCUT2D eigenvalue weighted by Crippen LogP contribution is -2.00. The van der Waals surface area contributed by atoms with Crippen LogP contribution in [-0.2, 0) is 19.0 Å². The molecule has 0 aromatic heterocycles. The molecule has 4 nitrogen and oxygen atoms in total. The normalized spacial score (nSPS) is 19.9. The molecule has 72 valence electrons. The first-order chi connectivity index (χ1) is 6.20. The summed E-state index contributed by atoms with van der Waals surface area (Å²) < 4.78 is 14.5. The van der Waals surface area contributed by atoms with Gasteiger partial charge in [0.25, 0.3) is 0 Å².